The van der Waals surface area contributed by atoms with Crippen molar-refractivity contribution in [1.82, 2.24) is 15.1 Å². The van der Waals surface area contributed by atoms with E-state index in [0.29, 0.717) is 5.96 Å². The van der Waals surface area contributed by atoms with Gasteiger partial charge in [0.25, 0.3) is 5.91 Å². The number of nitrogens with zero attached hydrogens (tertiary/aromatic N) is 4. The average molecular weight is 375 g/mol. The van der Waals surface area contributed by atoms with Crippen molar-refractivity contribution >= 4 is 29.3 Å². The minimum Gasteiger partial charge on any atom is -0.508 e. The number of guanidine groups is 1. The third-order valence-electron chi connectivity index (χ3n) is 5.16. The summed E-state index contributed by atoms with van der Waals surface area (Å²) in [6.45, 7) is 0. The number of fused-ring (bicyclic) bond motifs is 3. The molecule has 140 valence electrons. The fourth-order valence-electron chi connectivity index (χ4n) is 3.75. The Morgan fingerprint density at radius 3 is 2.46 bits per heavy atom. The van der Waals surface area contributed by atoms with Crippen LogP contribution in [-0.2, 0) is 4.79 Å². The van der Waals surface area contributed by atoms with E-state index >= 15 is 0 Å². The van der Waals surface area contributed by atoms with E-state index in [1.54, 1.807) is 36.2 Å². The highest BCUT2D eigenvalue weighted by atomic mass is 16.3. The van der Waals surface area contributed by atoms with Gasteiger partial charge in [-0.15, -0.1) is 0 Å². The van der Waals surface area contributed by atoms with E-state index in [2.05, 4.69) is 5.32 Å². The quantitative estimate of drug-likeness (QED) is 0.835. The minimum absolute atomic E-state index is 0.164. The molecule has 0 saturated carbocycles. The van der Waals surface area contributed by atoms with Gasteiger partial charge in [0.1, 0.15) is 5.75 Å². The Kier molecular flexibility index (Phi) is 3.42. The molecule has 5 rings (SSSR count). The molecule has 2 atom stereocenters. The summed E-state index contributed by atoms with van der Waals surface area (Å²) in [5, 5.41) is 12.0. The first-order valence-corrected chi connectivity index (χ1v) is 8.85. The van der Waals surface area contributed by atoms with Gasteiger partial charge in [0.15, 0.2) is 12.2 Å². The van der Waals surface area contributed by atoms with E-state index in [0.717, 1.165) is 16.9 Å². The molecule has 1 saturated heterocycles. The SMILES string of the molecule is CN1C(=O)NC(=O)C2C1N=C1N(c3ccc(O)cc3)C(c3ccccc3)=CN12. The first-order valence-electron chi connectivity index (χ1n) is 8.85. The summed E-state index contributed by atoms with van der Waals surface area (Å²) in [5.41, 5.74) is 2.61. The molecule has 0 aromatic heterocycles. The van der Waals surface area contributed by atoms with Gasteiger partial charge in [-0.1, -0.05) is 30.3 Å². The minimum atomic E-state index is -0.626. The lowest BCUT2D eigenvalue weighted by atomic mass is 10.1. The lowest BCUT2D eigenvalue weighted by Gasteiger charge is -2.34. The Morgan fingerprint density at radius 2 is 1.75 bits per heavy atom. The zero-order chi connectivity index (χ0) is 19.4. The second-order valence-corrected chi connectivity index (χ2v) is 6.83. The number of aliphatic imine (C=N–C) groups is 1. The summed E-state index contributed by atoms with van der Waals surface area (Å²) in [6.07, 6.45) is 1.29. The number of carbonyl (C=O) groups is 2. The molecule has 2 aromatic carbocycles. The molecule has 0 bridgehead atoms. The summed E-state index contributed by atoms with van der Waals surface area (Å²) < 4.78 is 0. The van der Waals surface area contributed by atoms with Crippen LogP contribution in [0.25, 0.3) is 5.70 Å². The first kappa shape index (κ1) is 16.4. The molecule has 0 radical (unpaired) electrons. The Balaban J connectivity index is 1.64. The van der Waals surface area contributed by atoms with Crippen LogP contribution >= 0.6 is 0 Å². The molecule has 2 aromatic rings. The maximum atomic E-state index is 12.6. The Labute approximate surface area is 161 Å². The zero-order valence-corrected chi connectivity index (χ0v) is 15.0. The van der Waals surface area contributed by atoms with Crippen molar-refractivity contribution < 1.29 is 14.7 Å². The van der Waals surface area contributed by atoms with Crippen molar-refractivity contribution in [2.75, 3.05) is 11.9 Å². The molecule has 2 unspecified atom stereocenters. The molecule has 28 heavy (non-hydrogen) atoms. The van der Waals surface area contributed by atoms with E-state index in [1.165, 1.54) is 4.90 Å². The molecule has 0 aliphatic carbocycles. The van der Waals surface area contributed by atoms with Crippen LogP contribution in [0, 0.1) is 0 Å². The zero-order valence-electron chi connectivity index (χ0n) is 15.0. The summed E-state index contributed by atoms with van der Waals surface area (Å²) in [4.78, 5) is 34.4. The van der Waals surface area contributed by atoms with Gasteiger partial charge >= 0.3 is 6.03 Å². The summed E-state index contributed by atoms with van der Waals surface area (Å²) in [7, 11) is 1.62. The molecule has 3 heterocycles. The number of hydrogen-bond acceptors (Lipinski definition) is 6. The monoisotopic (exact) mass is 375 g/mol. The van der Waals surface area contributed by atoms with Gasteiger partial charge in [-0.25, -0.2) is 9.79 Å². The smallest absolute Gasteiger partial charge is 0.325 e. The van der Waals surface area contributed by atoms with Crippen molar-refractivity contribution in [2.45, 2.75) is 12.2 Å². The van der Waals surface area contributed by atoms with E-state index in [4.69, 9.17) is 4.99 Å². The number of phenolic OH excluding ortho intramolecular Hbond substituents is 1. The molecule has 3 aliphatic heterocycles. The molecule has 3 amide bonds. The lowest BCUT2D eigenvalue weighted by molar-refractivity contribution is -0.126. The van der Waals surface area contributed by atoms with Crippen molar-refractivity contribution in [3.05, 3.63) is 66.4 Å². The number of imide groups is 1. The Morgan fingerprint density at radius 1 is 1.04 bits per heavy atom. The average Bonchev–Trinajstić information content (AvgIpc) is 3.24. The number of carbonyl (C=O) groups excluding carboxylic acids is 2. The highest BCUT2D eigenvalue weighted by Gasteiger charge is 2.52. The Bertz CT molecular complexity index is 1030. The number of hydrogen-bond donors (Lipinski definition) is 2. The van der Waals surface area contributed by atoms with Crippen LogP contribution in [0.3, 0.4) is 0 Å². The van der Waals surface area contributed by atoms with E-state index in [-0.39, 0.29) is 11.7 Å². The number of nitrogens with one attached hydrogen (secondary N) is 1. The van der Waals surface area contributed by atoms with E-state index in [9.17, 15) is 14.7 Å². The molecule has 3 aliphatic rings. The van der Waals surface area contributed by atoms with Gasteiger partial charge < -0.3 is 10.0 Å². The normalized spacial score (nSPS) is 23.2. The van der Waals surface area contributed by atoms with Gasteiger partial charge in [-0.05, 0) is 24.3 Å². The van der Waals surface area contributed by atoms with Crippen LogP contribution in [0.4, 0.5) is 10.5 Å². The van der Waals surface area contributed by atoms with Crippen molar-refractivity contribution in [2.24, 2.45) is 4.99 Å². The van der Waals surface area contributed by atoms with Crippen molar-refractivity contribution in [3.8, 4) is 5.75 Å². The van der Waals surface area contributed by atoms with Crippen LogP contribution in [0.2, 0.25) is 0 Å². The number of aromatic hydroxyl groups is 1. The number of amides is 3. The lowest BCUT2D eigenvalue weighted by Crippen LogP contribution is -2.62. The number of rotatable bonds is 2. The molecular formula is C20H17N5O3. The summed E-state index contributed by atoms with van der Waals surface area (Å²) in [5.74, 6) is 0.357. The maximum absolute atomic E-state index is 12.6. The second-order valence-electron chi connectivity index (χ2n) is 6.83. The van der Waals surface area contributed by atoms with Crippen LogP contribution in [0.5, 0.6) is 5.75 Å². The van der Waals surface area contributed by atoms with Gasteiger partial charge in [-0.3, -0.25) is 19.9 Å². The molecule has 2 N–H and O–H groups in total. The fourth-order valence-corrected chi connectivity index (χ4v) is 3.75. The fraction of sp³-hybridized carbons (Fsp3) is 0.150. The van der Waals surface area contributed by atoms with Crippen LogP contribution in [-0.4, -0.2) is 52.1 Å². The number of benzene rings is 2. The van der Waals surface area contributed by atoms with Gasteiger partial charge in [0, 0.05) is 24.5 Å². The number of anilines is 1. The predicted molar refractivity (Wildman–Crippen MR) is 103 cm³/mol. The molecule has 0 spiro atoms. The van der Waals surface area contributed by atoms with Crippen molar-refractivity contribution in [3.63, 3.8) is 0 Å². The predicted octanol–water partition coefficient (Wildman–Crippen LogP) is 1.76. The second kappa shape index (κ2) is 5.85. The molecule has 8 nitrogen and oxygen atoms in total. The van der Waals surface area contributed by atoms with Gasteiger partial charge in [-0.2, -0.15) is 0 Å². The number of phenols is 1. The summed E-state index contributed by atoms with van der Waals surface area (Å²) >= 11 is 0. The Hall–Kier alpha value is -3.81. The standard InChI is InChI=1S/C20H17N5O3/c1-23-17-16(18(27)22-20(23)28)24-11-15(12-5-3-2-4-6-12)25(19(24)21-17)13-7-9-14(26)10-8-13/h2-11,16-17,26H,1H3,(H,22,27,28). The van der Waals surface area contributed by atoms with Crippen LogP contribution < -0.4 is 10.2 Å². The molecule has 1 fully saturated rings. The first-order chi connectivity index (χ1) is 13.5. The third kappa shape index (κ3) is 2.27. The third-order valence-corrected chi connectivity index (χ3v) is 5.16. The highest BCUT2D eigenvalue weighted by Crippen LogP contribution is 2.39. The maximum Gasteiger partial charge on any atom is 0.325 e. The molecular weight excluding hydrogens is 358 g/mol. The van der Waals surface area contributed by atoms with Crippen LogP contribution in [0.1, 0.15) is 5.56 Å². The summed E-state index contributed by atoms with van der Waals surface area (Å²) in [6, 6.07) is 15.5. The largest absolute Gasteiger partial charge is 0.508 e. The number of likely N-dealkylation sites (N-methyl/N-ethyl adjacent to an activating group) is 1. The molecule has 8 heteroatoms. The number of urea groups is 1. The highest BCUT2D eigenvalue weighted by molar-refractivity contribution is 6.16. The van der Waals surface area contributed by atoms with E-state index in [1.807, 2.05) is 41.4 Å². The van der Waals surface area contributed by atoms with Crippen molar-refractivity contribution in [1.29, 1.82) is 0 Å². The topological polar surface area (TPSA) is 88.5 Å². The van der Waals surface area contributed by atoms with Gasteiger partial charge in [0.2, 0.25) is 5.96 Å². The van der Waals surface area contributed by atoms with E-state index < -0.39 is 18.2 Å². The van der Waals surface area contributed by atoms with Gasteiger partial charge in [0.05, 0.1) is 5.70 Å². The van der Waals surface area contributed by atoms with Crippen LogP contribution in [0.15, 0.2) is 65.8 Å².